The number of hydrogen-bond acceptors (Lipinski definition) is 3. The van der Waals surface area contributed by atoms with Gasteiger partial charge in [0, 0.05) is 12.6 Å². The second-order valence-corrected chi connectivity index (χ2v) is 3.89. The van der Waals surface area contributed by atoms with Crippen LogP contribution >= 0.6 is 23.2 Å². The first-order valence-corrected chi connectivity index (χ1v) is 4.93. The Labute approximate surface area is 86.5 Å². The molecule has 0 atom stereocenters. The largest absolute Gasteiger partial charge is 0.370 e. The standard InChI is InChI=1S/C8H9Cl2N3/c9-6-3-7(13-8(10)12-6)11-4-5-1-2-5/h3,5H,1-2,4H2,(H,11,12,13). The fourth-order valence-corrected chi connectivity index (χ4v) is 1.46. The zero-order valence-electron chi connectivity index (χ0n) is 6.93. The van der Waals surface area contributed by atoms with Gasteiger partial charge < -0.3 is 5.32 Å². The van der Waals surface area contributed by atoms with Crippen LogP contribution < -0.4 is 5.32 Å². The molecule has 1 aliphatic carbocycles. The van der Waals surface area contributed by atoms with E-state index in [2.05, 4.69) is 15.3 Å². The maximum Gasteiger partial charge on any atom is 0.225 e. The highest BCUT2D eigenvalue weighted by Crippen LogP contribution is 2.28. The molecular weight excluding hydrogens is 209 g/mol. The normalized spacial score (nSPS) is 15.8. The summed E-state index contributed by atoms with van der Waals surface area (Å²) < 4.78 is 0. The van der Waals surface area contributed by atoms with Crippen molar-refractivity contribution in [3.63, 3.8) is 0 Å². The third-order valence-corrected chi connectivity index (χ3v) is 2.30. The fourth-order valence-electron chi connectivity index (χ4n) is 1.05. The van der Waals surface area contributed by atoms with Crippen LogP contribution in [-0.2, 0) is 0 Å². The van der Waals surface area contributed by atoms with Crippen LogP contribution in [0, 0.1) is 5.92 Å². The summed E-state index contributed by atoms with van der Waals surface area (Å²) in [4.78, 5) is 7.75. The molecule has 13 heavy (non-hydrogen) atoms. The summed E-state index contributed by atoms with van der Waals surface area (Å²) in [5.41, 5.74) is 0. The Hall–Kier alpha value is -0.540. The van der Waals surface area contributed by atoms with Crippen molar-refractivity contribution in [1.82, 2.24) is 9.97 Å². The fraction of sp³-hybridized carbons (Fsp3) is 0.500. The topological polar surface area (TPSA) is 37.8 Å². The zero-order chi connectivity index (χ0) is 9.26. The van der Waals surface area contributed by atoms with Gasteiger partial charge >= 0.3 is 0 Å². The van der Waals surface area contributed by atoms with Gasteiger partial charge in [-0.05, 0) is 30.4 Å². The van der Waals surface area contributed by atoms with Crippen LogP contribution in [0.2, 0.25) is 10.4 Å². The molecule has 0 radical (unpaired) electrons. The molecule has 0 bridgehead atoms. The number of nitrogens with zero attached hydrogens (tertiary/aromatic N) is 2. The number of rotatable bonds is 3. The molecule has 1 aromatic heterocycles. The summed E-state index contributed by atoms with van der Waals surface area (Å²) in [7, 11) is 0. The summed E-state index contributed by atoms with van der Waals surface area (Å²) in [6.07, 6.45) is 2.61. The molecule has 1 fully saturated rings. The quantitative estimate of drug-likeness (QED) is 0.625. The van der Waals surface area contributed by atoms with E-state index in [0.29, 0.717) is 11.0 Å². The average Bonchev–Trinajstić information content (AvgIpc) is 2.81. The third-order valence-electron chi connectivity index (χ3n) is 1.94. The first-order valence-electron chi connectivity index (χ1n) is 4.18. The molecule has 1 aromatic rings. The van der Waals surface area contributed by atoms with E-state index >= 15 is 0 Å². The van der Waals surface area contributed by atoms with Gasteiger partial charge in [-0.3, -0.25) is 0 Å². The molecule has 2 rings (SSSR count). The van der Waals surface area contributed by atoms with E-state index in [-0.39, 0.29) is 5.28 Å². The van der Waals surface area contributed by atoms with E-state index in [1.54, 1.807) is 6.07 Å². The minimum atomic E-state index is 0.186. The average molecular weight is 218 g/mol. The Kier molecular flexibility index (Phi) is 2.56. The molecule has 1 heterocycles. The summed E-state index contributed by atoms with van der Waals surface area (Å²) >= 11 is 11.3. The second kappa shape index (κ2) is 3.68. The van der Waals surface area contributed by atoms with E-state index in [1.165, 1.54) is 12.8 Å². The van der Waals surface area contributed by atoms with Crippen LogP contribution in [0.4, 0.5) is 5.82 Å². The Morgan fingerprint density at radius 2 is 2.15 bits per heavy atom. The molecule has 70 valence electrons. The van der Waals surface area contributed by atoms with Crippen molar-refractivity contribution in [2.24, 2.45) is 5.92 Å². The van der Waals surface area contributed by atoms with E-state index < -0.39 is 0 Å². The molecule has 0 aliphatic heterocycles. The second-order valence-electron chi connectivity index (χ2n) is 3.17. The van der Waals surface area contributed by atoms with Gasteiger partial charge in [0.15, 0.2) is 0 Å². The van der Waals surface area contributed by atoms with Crippen LogP contribution in [0.25, 0.3) is 0 Å². The maximum absolute atomic E-state index is 5.71. The molecule has 5 heteroatoms. The van der Waals surface area contributed by atoms with Crippen LogP contribution in [-0.4, -0.2) is 16.5 Å². The molecule has 0 aromatic carbocycles. The van der Waals surface area contributed by atoms with E-state index in [9.17, 15) is 0 Å². The number of hydrogen-bond donors (Lipinski definition) is 1. The Bertz CT molecular complexity index is 292. The zero-order valence-corrected chi connectivity index (χ0v) is 8.44. The van der Waals surface area contributed by atoms with Crippen LogP contribution in [0.3, 0.4) is 0 Å². The molecule has 1 saturated carbocycles. The van der Waals surface area contributed by atoms with Crippen LogP contribution in [0.15, 0.2) is 6.07 Å². The first kappa shape index (κ1) is 9.03. The Morgan fingerprint density at radius 1 is 1.38 bits per heavy atom. The van der Waals surface area contributed by atoms with Gasteiger partial charge in [-0.25, -0.2) is 9.97 Å². The Morgan fingerprint density at radius 3 is 2.77 bits per heavy atom. The number of halogens is 2. The molecular formula is C8H9Cl2N3. The number of nitrogens with one attached hydrogen (secondary N) is 1. The van der Waals surface area contributed by atoms with Gasteiger partial charge in [0.05, 0.1) is 0 Å². The molecule has 0 unspecified atom stereocenters. The van der Waals surface area contributed by atoms with Crippen molar-refractivity contribution in [3.05, 3.63) is 16.5 Å². The molecule has 0 amide bonds. The van der Waals surface area contributed by atoms with Crippen molar-refractivity contribution < 1.29 is 0 Å². The summed E-state index contributed by atoms with van der Waals surface area (Å²) in [6.45, 7) is 0.948. The smallest absolute Gasteiger partial charge is 0.225 e. The lowest BCUT2D eigenvalue weighted by Gasteiger charge is -2.03. The van der Waals surface area contributed by atoms with Crippen LogP contribution in [0.5, 0.6) is 0 Å². The Balaban J connectivity index is 2.01. The molecule has 1 N–H and O–H groups in total. The first-order chi connectivity index (χ1) is 6.24. The predicted molar refractivity (Wildman–Crippen MR) is 53.3 cm³/mol. The van der Waals surface area contributed by atoms with Crippen molar-refractivity contribution in [2.45, 2.75) is 12.8 Å². The maximum atomic E-state index is 5.71. The summed E-state index contributed by atoms with van der Waals surface area (Å²) in [5, 5.41) is 3.73. The van der Waals surface area contributed by atoms with Crippen molar-refractivity contribution in [3.8, 4) is 0 Å². The number of aromatic nitrogens is 2. The predicted octanol–water partition coefficient (Wildman–Crippen LogP) is 2.61. The third kappa shape index (κ3) is 2.71. The highest BCUT2D eigenvalue weighted by Gasteiger charge is 2.20. The van der Waals surface area contributed by atoms with Gasteiger partial charge in [0.2, 0.25) is 5.28 Å². The van der Waals surface area contributed by atoms with Crippen molar-refractivity contribution >= 4 is 29.0 Å². The molecule has 0 saturated heterocycles. The lowest BCUT2D eigenvalue weighted by atomic mass is 10.4. The van der Waals surface area contributed by atoms with Crippen LogP contribution in [0.1, 0.15) is 12.8 Å². The summed E-state index contributed by atoms with van der Waals surface area (Å²) in [5.74, 6) is 1.50. The lowest BCUT2D eigenvalue weighted by Crippen LogP contribution is -2.05. The van der Waals surface area contributed by atoms with Gasteiger partial charge in [0.25, 0.3) is 0 Å². The number of anilines is 1. The summed E-state index contributed by atoms with van der Waals surface area (Å²) in [6, 6.07) is 1.68. The van der Waals surface area contributed by atoms with Crippen molar-refractivity contribution in [1.29, 1.82) is 0 Å². The lowest BCUT2D eigenvalue weighted by molar-refractivity contribution is 0.881. The highest BCUT2D eigenvalue weighted by molar-refractivity contribution is 6.32. The van der Waals surface area contributed by atoms with E-state index in [1.807, 2.05) is 0 Å². The molecule has 3 nitrogen and oxygen atoms in total. The molecule has 0 spiro atoms. The molecule has 1 aliphatic rings. The van der Waals surface area contributed by atoms with Gasteiger partial charge in [0.1, 0.15) is 11.0 Å². The minimum absolute atomic E-state index is 0.186. The highest BCUT2D eigenvalue weighted by atomic mass is 35.5. The van der Waals surface area contributed by atoms with Gasteiger partial charge in [-0.2, -0.15) is 0 Å². The van der Waals surface area contributed by atoms with Gasteiger partial charge in [-0.1, -0.05) is 11.6 Å². The monoisotopic (exact) mass is 217 g/mol. The van der Waals surface area contributed by atoms with E-state index in [0.717, 1.165) is 12.5 Å². The minimum Gasteiger partial charge on any atom is -0.370 e. The SMILES string of the molecule is Clc1cc(NCC2CC2)nc(Cl)n1. The van der Waals surface area contributed by atoms with Crippen molar-refractivity contribution in [2.75, 3.05) is 11.9 Å². The van der Waals surface area contributed by atoms with E-state index in [4.69, 9.17) is 23.2 Å². The van der Waals surface area contributed by atoms with Gasteiger partial charge in [-0.15, -0.1) is 0 Å².